The summed E-state index contributed by atoms with van der Waals surface area (Å²) in [5.41, 5.74) is 2.98. The van der Waals surface area contributed by atoms with E-state index in [4.69, 9.17) is 9.15 Å². The Kier molecular flexibility index (Phi) is 4.36. The zero-order valence-electron chi connectivity index (χ0n) is 14.4. The van der Waals surface area contributed by atoms with Gasteiger partial charge in [0, 0.05) is 11.1 Å². The Labute approximate surface area is 154 Å². The van der Waals surface area contributed by atoms with Crippen molar-refractivity contribution in [1.82, 2.24) is 5.32 Å². The van der Waals surface area contributed by atoms with Gasteiger partial charge in [-0.1, -0.05) is 17.7 Å². The standard InChI is InChI=1S/C20H18N2O3S/c1-12-3-5-14(6-4-12)21-20-22-17(11-26-20)16-10-13-9-15(24-2)7-8-18(13)25-19(16)23/h3-11,17,21-22H,1-2H3. The molecule has 0 bridgehead atoms. The molecule has 0 spiro atoms. The summed E-state index contributed by atoms with van der Waals surface area (Å²) in [6.07, 6.45) is 0. The van der Waals surface area contributed by atoms with Crippen LogP contribution in [0.5, 0.6) is 5.75 Å². The van der Waals surface area contributed by atoms with E-state index in [9.17, 15) is 4.79 Å². The Morgan fingerprint density at radius 2 is 1.96 bits per heavy atom. The minimum atomic E-state index is -0.339. The van der Waals surface area contributed by atoms with Gasteiger partial charge in [-0.15, -0.1) is 10.9 Å². The number of methoxy groups -OCH3 is 1. The van der Waals surface area contributed by atoms with Crippen LogP contribution in [0.25, 0.3) is 11.0 Å². The van der Waals surface area contributed by atoms with Gasteiger partial charge in [0.25, 0.3) is 0 Å². The molecule has 4 rings (SSSR count). The lowest BCUT2D eigenvalue weighted by atomic mass is 10.1. The van der Waals surface area contributed by atoms with Gasteiger partial charge >= 0.3 is 5.63 Å². The number of nitrogens with one attached hydrogen (secondary N) is 2. The minimum Gasteiger partial charge on any atom is -0.497 e. The summed E-state index contributed by atoms with van der Waals surface area (Å²) in [6, 6.07) is 15.2. The third-order valence-corrected chi connectivity index (χ3v) is 5.08. The summed E-state index contributed by atoms with van der Waals surface area (Å²) >= 11 is 0. The topological polar surface area (TPSA) is 63.5 Å². The van der Waals surface area contributed by atoms with Gasteiger partial charge in [-0.3, -0.25) is 5.32 Å². The second-order valence-corrected chi connectivity index (χ2v) is 7.01. The lowest BCUT2D eigenvalue weighted by molar-refractivity contribution is 0.415. The van der Waals surface area contributed by atoms with Crippen LogP contribution in [0.4, 0.5) is 5.69 Å². The number of hydrogen-bond donors (Lipinski definition) is 2. The molecule has 6 heteroatoms. The summed E-state index contributed by atoms with van der Waals surface area (Å²) < 4.78 is 10.7. The number of aryl methyl sites for hydroxylation is 1. The number of fused-ring (bicyclic) bond motifs is 1. The van der Waals surface area contributed by atoms with Crippen molar-refractivity contribution in [3.8, 4) is 5.75 Å². The van der Waals surface area contributed by atoms with Crippen LogP contribution >= 0.6 is 10.9 Å². The predicted octanol–water partition coefficient (Wildman–Crippen LogP) is 3.49. The predicted molar refractivity (Wildman–Crippen MR) is 108 cm³/mol. The van der Waals surface area contributed by atoms with E-state index >= 15 is 0 Å². The number of benzene rings is 2. The molecule has 1 aliphatic heterocycles. The van der Waals surface area contributed by atoms with Crippen molar-refractivity contribution in [3.63, 3.8) is 0 Å². The highest BCUT2D eigenvalue weighted by atomic mass is 32.1. The molecule has 1 aromatic heterocycles. The monoisotopic (exact) mass is 366 g/mol. The highest BCUT2D eigenvalue weighted by Gasteiger charge is 2.19. The Morgan fingerprint density at radius 3 is 2.73 bits per heavy atom. The molecule has 1 unspecified atom stereocenters. The van der Waals surface area contributed by atoms with Gasteiger partial charge in [-0.25, -0.2) is 4.79 Å². The Hall–Kier alpha value is -2.83. The average molecular weight is 366 g/mol. The lowest BCUT2D eigenvalue weighted by Crippen LogP contribution is -2.32. The fourth-order valence-corrected chi connectivity index (χ4v) is 3.65. The van der Waals surface area contributed by atoms with Crippen LogP contribution in [0.15, 0.2) is 57.7 Å². The van der Waals surface area contributed by atoms with Gasteiger partial charge in [0.1, 0.15) is 16.4 Å². The SMILES string of the molecule is COc1ccc2oc(=O)c(C3C=S=C(Nc4ccc(C)cc4)N3)cc2c1. The molecule has 2 N–H and O–H groups in total. The Bertz CT molecular complexity index is 1100. The van der Waals surface area contributed by atoms with E-state index in [1.807, 2.05) is 29.6 Å². The van der Waals surface area contributed by atoms with E-state index in [-0.39, 0.29) is 11.7 Å². The van der Waals surface area contributed by atoms with Gasteiger partial charge in [0.15, 0.2) is 0 Å². The number of anilines is 1. The second kappa shape index (κ2) is 6.82. The second-order valence-electron chi connectivity index (χ2n) is 6.09. The first kappa shape index (κ1) is 16.6. The van der Waals surface area contributed by atoms with Crippen molar-refractivity contribution in [2.75, 3.05) is 12.4 Å². The fourth-order valence-electron chi connectivity index (χ4n) is 2.79. The largest absolute Gasteiger partial charge is 0.497 e. The minimum absolute atomic E-state index is 0.222. The molecule has 26 heavy (non-hydrogen) atoms. The van der Waals surface area contributed by atoms with Crippen LogP contribution in [0.3, 0.4) is 0 Å². The Balaban J connectivity index is 1.57. The van der Waals surface area contributed by atoms with E-state index in [1.165, 1.54) is 16.5 Å². The molecule has 2 heterocycles. The van der Waals surface area contributed by atoms with Crippen LogP contribution in [0, 0.1) is 6.92 Å². The molecular weight excluding hydrogens is 348 g/mol. The Morgan fingerprint density at radius 1 is 1.15 bits per heavy atom. The van der Waals surface area contributed by atoms with Gasteiger partial charge < -0.3 is 14.5 Å². The van der Waals surface area contributed by atoms with E-state index in [0.29, 0.717) is 11.1 Å². The molecule has 0 radical (unpaired) electrons. The molecule has 132 valence electrons. The highest BCUT2D eigenvalue weighted by molar-refractivity contribution is 7.97. The smallest absolute Gasteiger partial charge is 0.341 e. The molecule has 1 aliphatic rings. The summed E-state index contributed by atoms with van der Waals surface area (Å²) in [4.78, 5) is 12.4. The molecule has 0 fully saturated rings. The van der Waals surface area contributed by atoms with Crippen LogP contribution in [-0.4, -0.2) is 17.6 Å². The molecule has 2 aromatic carbocycles. The molecular formula is C20H18N2O3S. The zero-order chi connectivity index (χ0) is 18.1. The van der Waals surface area contributed by atoms with E-state index in [1.54, 1.807) is 19.2 Å². The normalized spacial score (nSPS) is 16.2. The van der Waals surface area contributed by atoms with Gasteiger partial charge in [-0.05, 0) is 48.7 Å². The first-order chi connectivity index (χ1) is 12.6. The first-order valence-electron chi connectivity index (χ1n) is 8.21. The van der Waals surface area contributed by atoms with E-state index in [0.717, 1.165) is 21.9 Å². The lowest BCUT2D eigenvalue weighted by Gasteiger charge is -2.13. The average Bonchev–Trinajstić information content (AvgIpc) is 3.11. The maximum atomic E-state index is 12.4. The number of hydrogen-bond acceptors (Lipinski definition) is 5. The molecule has 0 aliphatic carbocycles. The van der Waals surface area contributed by atoms with Gasteiger partial charge in [-0.2, -0.15) is 0 Å². The van der Waals surface area contributed by atoms with Crippen LogP contribution in [0.1, 0.15) is 17.2 Å². The van der Waals surface area contributed by atoms with Crippen LogP contribution in [-0.2, 0) is 0 Å². The van der Waals surface area contributed by atoms with Crippen molar-refractivity contribution in [3.05, 3.63) is 70.1 Å². The van der Waals surface area contributed by atoms with Crippen molar-refractivity contribution < 1.29 is 9.15 Å². The molecule has 0 saturated heterocycles. The van der Waals surface area contributed by atoms with E-state index in [2.05, 4.69) is 29.7 Å². The molecule has 3 aromatic rings. The van der Waals surface area contributed by atoms with Crippen molar-refractivity contribution >= 4 is 38.1 Å². The van der Waals surface area contributed by atoms with Crippen molar-refractivity contribution in [2.24, 2.45) is 0 Å². The summed E-state index contributed by atoms with van der Waals surface area (Å²) in [7, 11) is 3.14. The number of ether oxygens (including phenoxy) is 1. The summed E-state index contributed by atoms with van der Waals surface area (Å²) in [5.74, 6) is 0.725. The quantitative estimate of drug-likeness (QED) is 0.549. The van der Waals surface area contributed by atoms with Crippen molar-refractivity contribution in [1.29, 1.82) is 0 Å². The maximum absolute atomic E-state index is 12.4. The molecule has 0 amide bonds. The van der Waals surface area contributed by atoms with E-state index < -0.39 is 0 Å². The summed E-state index contributed by atoms with van der Waals surface area (Å²) in [6.45, 7) is 2.05. The zero-order valence-corrected chi connectivity index (χ0v) is 15.2. The highest BCUT2D eigenvalue weighted by Crippen LogP contribution is 2.23. The van der Waals surface area contributed by atoms with Crippen molar-refractivity contribution in [2.45, 2.75) is 13.0 Å². The molecule has 1 atom stereocenters. The fraction of sp³-hybridized carbons (Fsp3) is 0.150. The third kappa shape index (κ3) is 3.29. The van der Waals surface area contributed by atoms with Crippen LogP contribution in [0.2, 0.25) is 0 Å². The van der Waals surface area contributed by atoms with Crippen LogP contribution < -0.4 is 21.0 Å². The molecule has 0 saturated carbocycles. The molecule has 5 nitrogen and oxygen atoms in total. The number of rotatable bonds is 3. The first-order valence-corrected chi connectivity index (χ1v) is 9.09. The van der Waals surface area contributed by atoms with Gasteiger partial charge in [0.05, 0.1) is 18.7 Å². The van der Waals surface area contributed by atoms with Gasteiger partial charge in [0.2, 0.25) is 0 Å². The third-order valence-electron chi connectivity index (χ3n) is 4.22. The summed E-state index contributed by atoms with van der Waals surface area (Å²) in [5, 5.41) is 10.3. The maximum Gasteiger partial charge on any atom is 0.341 e.